The molecule has 0 spiro atoms. The molecule has 1 atom stereocenters. The highest BCUT2D eigenvalue weighted by Gasteiger charge is 2.41. The number of likely N-dealkylation sites (tertiary alicyclic amines) is 1. The van der Waals surface area contributed by atoms with E-state index in [4.69, 9.17) is 20.9 Å². The molecule has 1 fully saturated rings. The van der Waals surface area contributed by atoms with E-state index in [1.807, 2.05) is 11.8 Å². The molecule has 2 heterocycles. The number of hydrogen-bond acceptors (Lipinski definition) is 4. The van der Waals surface area contributed by atoms with Gasteiger partial charge in [-0.2, -0.15) is 0 Å². The first-order valence-electron chi connectivity index (χ1n) is 8.05. The van der Waals surface area contributed by atoms with Crippen molar-refractivity contribution in [2.24, 2.45) is 0 Å². The molecule has 0 saturated carbocycles. The van der Waals surface area contributed by atoms with Gasteiger partial charge in [-0.15, -0.1) is 0 Å². The smallest absolute Gasteiger partial charge is 0.266 e. The quantitative estimate of drug-likeness (QED) is 0.832. The van der Waals surface area contributed by atoms with Gasteiger partial charge in [-0.1, -0.05) is 16.8 Å². The minimum absolute atomic E-state index is 0.0515. The SMILES string of the molecule is Cc1conc1[C@@H]1CCCN1C(=O)C(C)(C)Oc1ccc(Cl)cc1. The number of benzene rings is 1. The maximum atomic E-state index is 13.1. The van der Waals surface area contributed by atoms with E-state index in [2.05, 4.69) is 5.16 Å². The van der Waals surface area contributed by atoms with Crippen molar-refractivity contribution in [3.63, 3.8) is 0 Å². The molecule has 1 aliphatic rings. The van der Waals surface area contributed by atoms with Crippen molar-refractivity contribution in [3.05, 3.63) is 46.8 Å². The maximum absolute atomic E-state index is 13.1. The summed E-state index contributed by atoms with van der Waals surface area (Å²) in [4.78, 5) is 14.9. The van der Waals surface area contributed by atoms with Gasteiger partial charge in [-0.3, -0.25) is 4.79 Å². The highest BCUT2D eigenvalue weighted by Crippen LogP contribution is 2.35. The fraction of sp³-hybridized carbons (Fsp3) is 0.444. The van der Waals surface area contributed by atoms with E-state index in [0.717, 1.165) is 24.1 Å². The molecule has 1 aromatic heterocycles. The van der Waals surface area contributed by atoms with Crippen molar-refractivity contribution in [2.45, 2.75) is 45.3 Å². The Labute approximate surface area is 146 Å². The summed E-state index contributed by atoms with van der Waals surface area (Å²) in [5.41, 5.74) is 0.827. The molecule has 3 rings (SSSR count). The third kappa shape index (κ3) is 3.26. The molecule has 0 unspecified atom stereocenters. The fourth-order valence-electron chi connectivity index (χ4n) is 3.10. The molecule has 0 radical (unpaired) electrons. The molecule has 128 valence electrons. The number of amides is 1. The van der Waals surface area contributed by atoms with Crippen LogP contribution >= 0.6 is 11.6 Å². The lowest BCUT2D eigenvalue weighted by atomic mass is 10.0. The molecule has 2 aromatic rings. The van der Waals surface area contributed by atoms with Crippen LogP contribution in [0.3, 0.4) is 0 Å². The summed E-state index contributed by atoms with van der Waals surface area (Å²) >= 11 is 5.89. The van der Waals surface area contributed by atoms with Gasteiger partial charge in [0.05, 0.1) is 6.04 Å². The van der Waals surface area contributed by atoms with Gasteiger partial charge < -0.3 is 14.2 Å². The number of hydrogen-bond donors (Lipinski definition) is 0. The monoisotopic (exact) mass is 348 g/mol. The van der Waals surface area contributed by atoms with Crippen LogP contribution in [0.2, 0.25) is 5.02 Å². The molecule has 6 heteroatoms. The van der Waals surface area contributed by atoms with E-state index in [9.17, 15) is 4.79 Å². The summed E-state index contributed by atoms with van der Waals surface area (Å²) in [6, 6.07) is 6.97. The van der Waals surface area contributed by atoms with Gasteiger partial charge in [0, 0.05) is 17.1 Å². The Morgan fingerprint density at radius 1 is 1.38 bits per heavy atom. The second-order valence-corrected chi connectivity index (χ2v) is 7.04. The van der Waals surface area contributed by atoms with E-state index in [0.29, 0.717) is 17.3 Å². The standard InChI is InChI=1S/C18H21ClN2O3/c1-12-11-23-20-16(12)15-5-4-10-21(15)17(22)18(2,3)24-14-8-6-13(19)7-9-14/h6-9,11,15H,4-5,10H2,1-3H3/t15-/m0/s1. The van der Waals surface area contributed by atoms with Crippen LogP contribution < -0.4 is 4.74 Å². The zero-order valence-electron chi connectivity index (χ0n) is 14.1. The predicted octanol–water partition coefficient (Wildman–Crippen LogP) is 4.16. The second kappa shape index (κ2) is 6.48. The van der Waals surface area contributed by atoms with E-state index in [1.54, 1.807) is 44.4 Å². The van der Waals surface area contributed by atoms with Gasteiger partial charge in [0.2, 0.25) is 0 Å². The first-order valence-corrected chi connectivity index (χ1v) is 8.43. The lowest BCUT2D eigenvalue weighted by Crippen LogP contribution is -2.48. The maximum Gasteiger partial charge on any atom is 0.266 e. The highest BCUT2D eigenvalue weighted by atomic mass is 35.5. The normalized spacial score (nSPS) is 18.0. The van der Waals surface area contributed by atoms with Crippen molar-refractivity contribution >= 4 is 17.5 Å². The number of aromatic nitrogens is 1. The Morgan fingerprint density at radius 2 is 2.08 bits per heavy atom. The molecule has 1 aromatic carbocycles. The molecule has 24 heavy (non-hydrogen) atoms. The van der Waals surface area contributed by atoms with Gasteiger partial charge in [0.1, 0.15) is 17.7 Å². The molecule has 0 bridgehead atoms. The van der Waals surface area contributed by atoms with Crippen LogP contribution in [0.4, 0.5) is 0 Å². The van der Waals surface area contributed by atoms with Crippen molar-refractivity contribution in [3.8, 4) is 5.75 Å². The molecular formula is C18H21ClN2O3. The Balaban J connectivity index is 1.78. The van der Waals surface area contributed by atoms with Gasteiger partial charge >= 0.3 is 0 Å². The van der Waals surface area contributed by atoms with Crippen molar-refractivity contribution in [1.82, 2.24) is 10.1 Å². The summed E-state index contributed by atoms with van der Waals surface area (Å²) < 4.78 is 11.0. The Hall–Kier alpha value is -2.01. The lowest BCUT2D eigenvalue weighted by Gasteiger charge is -2.33. The zero-order valence-corrected chi connectivity index (χ0v) is 14.8. The average Bonchev–Trinajstić information content (AvgIpc) is 3.16. The van der Waals surface area contributed by atoms with E-state index in [-0.39, 0.29) is 11.9 Å². The summed E-state index contributed by atoms with van der Waals surface area (Å²) in [7, 11) is 0. The average molecular weight is 349 g/mol. The topological polar surface area (TPSA) is 55.6 Å². The molecule has 1 amide bonds. The number of carbonyl (C=O) groups excluding carboxylic acids is 1. The Kier molecular flexibility index (Phi) is 4.54. The number of carbonyl (C=O) groups is 1. The summed E-state index contributed by atoms with van der Waals surface area (Å²) in [6.45, 7) is 6.22. The highest BCUT2D eigenvalue weighted by molar-refractivity contribution is 6.30. The van der Waals surface area contributed by atoms with Crippen LogP contribution in [-0.2, 0) is 4.79 Å². The van der Waals surface area contributed by atoms with Crippen LogP contribution in [0, 0.1) is 6.92 Å². The summed E-state index contributed by atoms with van der Waals surface area (Å²) in [6.07, 6.45) is 3.45. The largest absolute Gasteiger partial charge is 0.478 e. The van der Waals surface area contributed by atoms with Crippen molar-refractivity contribution < 1.29 is 14.1 Å². The van der Waals surface area contributed by atoms with Gasteiger partial charge in [0.25, 0.3) is 5.91 Å². The van der Waals surface area contributed by atoms with Crippen LogP contribution in [0.25, 0.3) is 0 Å². The van der Waals surface area contributed by atoms with Gasteiger partial charge in [-0.05, 0) is 57.9 Å². The molecule has 1 aliphatic heterocycles. The third-order valence-electron chi connectivity index (χ3n) is 4.32. The van der Waals surface area contributed by atoms with Crippen LogP contribution in [0.5, 0.6) is 5.75 Å². The molecule has 1 saturated heterocycles. The minimum atomic E-state index is -0.978. The molecule has 5 nitrogen and oxygen atoms in total. The van der Waals surface area contributed by atoms with Crippen LogP contribution in [0.15, 0.2) is 35.1 Å². The van der Waals surface area contributed by atoms with E-state index < -0.39 is 5.60 Å². The zero-order chi connectivity index (χ0) is 17.3. The first-order chi connectivity index (χ1) is 11.4. The summed E-state index contributed by atoms with van der Waals surface area (Å²) in [5, 5.41) is 4.71. The second-order valence-electron chi connectivity index (χ2n) is 6.61. The first kappa shape index (κ1) is 16.8. The number of rotatable bonds is 4. The molecular weight excluding hydrogens is 328 g/mol. The number of halogens is 1. The fourth-order valence-corrected chi connectivity index (χ4v) is 3.23. The minimum Gasteiger partial charge on any atom is -0.478 e. The van der Waals surface area contributed by atoms with Crippen LogP contribution in [-0.4, -0.2) is 28.1 Å². The van der Waals surface area contributed by atoms with E-state index in [1.165, 1.54) is 0 Å². The van der Waals surface area contributed by atoms with Crippen LogP contribution in [0.1, 0.15) is 44.0 Å². The van der Waals surface area contributed by atoms with E-state index >= 15 is 0 Å². The van der Waals surface area contributed by atoms with Gasteiger partial charge in [-0.25, -0.2) is 0 Å². The number of aryl methyl sites for hydroxylation is 1. The van der Waals surface area contributed by atoms with Crippen molar-refractivity contribution in [1.29, 1.82) is 0 Å². The number of nitrogens with zero attached hydrogens (tertiary/aromatic N) is 2. The Bertz CT molecular complexity index is 724. The molecule has 0 N–H and O–H groups in total. The third-order valence-corrected chi connectivity index (χ3v) is 4.57. The van der Waals surface area contributed by atoms with Gasteiger partial charge in [0.15, 0.2) is 5.60 Å². The predicted molar refractivity (Wildman–Crippen MR) is 91.1 cm³/mol. The number of ether oxygens (including phenoxy) is 1. The summed E-state index contributed by atoms with van der Waals surface area (Å²) in [5.74, 6) is 0.563. The lowest BCUT2D eigenvalue weighted by molar-refractivity contribution is -0.146. The molecule has 0 aliphatic carbocycles. The van der Waals surface area contributed by atoms with Crippen molar-refractivity contribution in [2.75, 3.05) is 6.54 Å². The Morgan fingerprint density at radius 3 is 2.71 bits per heavy atom.